The van der Waals surface area contributed by atoms with Crippen molar-refractivity contribution in [1.29, 1.82) is 0 Å². The molecule has 8 heteroatoms. The van der Waals surface area contributed by atoms with Gasteiger partial charge in [0.05, 0.1) is 37.6 Å². The molecule has 112 valence electrons. The summed E-state index contributed by atoms with van der Waals surface area (Å²) in [5.41, 5.74) is 2.05. The number of likely N-dealkylation sites (N-methyl/N-ethyl adjacent to an activating group) is 1. The topological polar surface area (TPSA) is 84.4 Å². The van der Waals surface area contributed by atoms with E-state index in [-0.39, 0.29) is 25.0 Å². The first-order valence-corrected chi connectivity index (χ1v) is 7.17. The van der Waals surface area contributed by atoms with Gasteiger partial charge in [0.2, 0.25) is 5.91 Å². The van der Waals surface area contributed by atoms with Crippen molar-refractivity contribution in [3.05, 3.63) is 18.2 Å². The third-order valence-corrected chi connectivity index (χ3v) is 3.50. The number of rotatable bonds is 6. The summed E-state index contributed by atoms with van der Waals surface area (Å²) in [5, 5.41) is 2.80. The third kappa shape index (κ3) is 3.96. The van der Waals surface area contributed by atoms with Crippen molar-refractivity contribution in [2.24, 2.45) is 0 Å². The zero-order valence-electron chi connectivity index (χ0n) is 11.8. The molecule has 1 N–H and O–H groups in total. The van der Waals surface area contributed by atoms with E-state index >= 15 is 0 Å². The predicted octanol–water partition coefficient (Wildman–Crippen LogP) is 1.12. The number of hydrogen-bond donors (Lipinski definition) is 1. The second-order valence-corrected chi connectivity index (χ2v) is 4.89. The molecule has 2 aromatic rings. The molecule has 0 atom stereocenters. The lowest BCUT2D eigenvalue weighted by molar-refractivity contribution is -0.142. The predicted molar refractivity (Wildman–Crippen MR) is 80.2 cm³/mol. The van der Waals surface area contributed by atoms with Crippen LogP contribution in [0, 0.1) is 0 Å². The Hall–Kier alpha value is -2.06. The summed E-state index contributed by atoms with van der Waals surface area (Å²) in [7, 11) is 1.33. The zero-order valence-corrected chi connectivity index (χ0v) is 12.6. The van der Waals surface area contributed by atoms with Crippen LogP contribution in [0.25, 0.3) is 11.0 Å². The highest BCUT2D eigenvalue weighted by Crippen LogP contribution is 2.20. The quantitative estimate of drug-likeness (QED) is 0.805. The van der Waals surface area contributed by atoms with Gasteiger partial charge in [0.25, 0.3) is 0 Å². The Kier molecular flexibility index (Phi) is 5.18. The maximum atomic E-state index is 12.1. The van der Waals surface area contributed by atoms with E-state index < -0.39 is 0 Å². The first-order valence-electron chi connectivity index (χ1n) is 6.44. The molecule has 7 nitrogen and oxygen atoms in total. The minimum atomic E-state index is -0.365. The molecule has 0 saturated heterocycles. The Bertz CT molecular complexity index is 643. The van der Waals surface area contributed by atoms with Crippen LogP contribution >= 0.6 is 11.7 Å². The van der Waals surface area contributed by atoms with Crippen molar-refractivity contribution in [3.63, 3.8) is 0 Å². The normalized spacial score (nSPS) is 10.8. The van der Waals surface area contributed by atoms with Gasteiger partial charge in [0.15, 0.2) is 0 Å². The van der Waals surface area contributed by atoms with Gasteiger partial charge < -0.3 is 10.1 Å². The van der Waals surface area contributed by atoms with E-state index in [0.29, 0.717) is 17.7 Å². The summed E-state index contributed by atoms with van der Waals surface area (Å²) in [5.74, 6) is -0.572. The van der Waals surface area contributed by atoms with Gasteiger partial charge in [-0.05, 0) is 18.7 Å². The first kappa shape index (κ1) is 15.3. The van der Waals surface area contributed by atoms with Crippen LogP contribution in [0.5, 0.6) is 0 Å². The van der Waals surface area contributed by atoms with Gasteiger partial charge in [-0.25, -0.2) is 0 Å². The number of ether oxygens (including phenoxy) is 1. The van der Waals surface area contributed by atoms with Crippen LogP contribution in [0.15, 0.2) is 18.2 Å². The SMILES string of the molecule is CCN(CC(=O)Nc1cccc2nsnc12)CC(=O)OC. The van der Waals surface area contributed by atoms with Crippen molar-refractivity contribution in [2.45, 2.75) is 6.92 Å². The number of carbonyl (C=O) groups is 2. The number of carbonyl (C=O) groups excluding carboxylic acids is 2. The van der Waals surface area contributed by atoms with Crippen LogP contribution in [0.3, 0.4) is 0 Å². The molecule has 1 aromatic carbocycles. The van der Waals surface area contributed by atoms with Crippen LogP contribution < -0.4 is 5.32 Å². The molecule has 21 heavy (non-hydrogen) atoms. The third-order valence-electron chi connectivity index (χ3n) is 2.95. The molecule has 1 amide bonds. The molecule has 0 aliphatic rings. The zero-order chi connectivity index (χ0) is 15.2. The number of anilines is 1. The maximum Gasteiger partial charge on any atom is 0.319 e. The Labute approximate surface area is 126 Å². The summed E-state index contributed by atoms with van der Waals surface area (Å²) < 4.78 is 12.9. The molecule has 0 bridgehead atoms. The molecule has 1 aromatic heterocycles. The summed E-state index contributed by atoms with van der Waals surface area (Å²) in [4.78, 5) is 25.0. The highest BCUT2D eigenvalue weighted by molar-refractivity contribution is 7.00. The number of nitrogens with zero attached hydrogens (tertiary/aromatic N) is 3. The fourth-order valence-corrected chi connectivity index (χ4v) is 2.38. The standard InChI is InChI=1S/C13H16N4O3S/c1-3-17(8-12(19)20-2)7-11(18)14-9-5-4-6-10-13(9)16-21-15-10/h4-6H,3,7-8H2,1-2H3,(H,14,18). The van der Waals surface area contributed by atoms with Crippen LogP contribution in [-0.4, -0.2) is 52.3 Å². The maximum absolute atomic E-state index is 12.1. The van der Waals surface area contributed by atoms with E-state index in [1.807, 2.05) is 19.1 Å². The Morgan fingerprint density at radius 1 is 1.33 bits per heavy atom. The monoisotopic (exact) mass is 308 g/mol. The Morgan fingerprint density at radius 2 is 2.14 bits per heavy atom. The summed E-state index contributed by atoms with van der Waals surface area (Å²) in [6.45, 7) is 2.65. The average molecular weight is 308 g/mol. The first-order chi connectivity index (χ1) is 10.1. The molecule has 0 saturated carbocycles. The van der Waals surface area contributed by atoms with E-state index in [0.717, 1.165) is 17.2 Å². The van der Waals surface area contributed by atoms with E-state index in [4.69, 9.17) is 0 Å². The largest absolute Gasteiger partial charge is 0.468 e. The molecule has 0 spiro atoms. The van der Waals surface area contributed by atoms with E-state index in [2.05, 4.69) is 18.8 Å². The summed E-state index contributed by atoms with van der Waals surface area (Å²) in [6.07, 6.45) is 0. The number of fused-ring (bicyclic) bond motifs is 1. The molecule has 0 unspecified atom stereocenters. The second-order valence-electron chi connectivity index (χ2n) is 4.37. The fourth-order valence-electron chi connectivity index (χ4n) is 1.83. The van der Waals surface area contributed by atoms with Crippen molar-refractivity contribution in [1.82, 2.24) is 13.6 Å². The minimum absolute atomic E-state index is 0.0862. The van der Waals surface area contributed by atoms with Gasteiger partial charge in [0.1, 0.15) is 11.0 Å². The van der Waals surface area contributed by atoms with E-state index in [9.17, 15) is 9.59 Å². The molecule has 1 heterocycles. The highest BCUT2D eigenvalue weighted by Gasteiger charge is 2.14. The minimum Gasteiger partial charge on any atom is -0.468 e. The van der Waals surface area contributed by atoms with Crippen LogP contribution in [0.1, 0.15) is 6.92 Å². The number of nitrogens with one attached hydrogen (secondary N) is 1. The fraction of sp³-hybridized carbons (Fsp3) is 0.385. The van der Waals surface area contributed by atoms with Crippen molar-refractivity contribution in [3.8, 4) is 0 Å². The highest BCUT2D eigenvalue weighted by atomic mass is 32.1. The second kappa shape index (κ2) is 7.09. The molecule has 0 aliphatic carbocycles. The van der Waals surface area contributed by atoms with Crippen LogP contribution in [-0.2, 0) is 14.3 Å². The van der Waals surface area contributed by atoms with Crippen molar-refractivity contribution in [2.75, 3.05) is 32.1 Å². The number of amides is 1. The number of hydrogen-bond acceptors (Lipinski definition) is 7. The lowest BCUT2D eigenvalue weighted by Gasteiger charge is -2.18. The van der Waals surface area contributed by atoms with Gasteiger partial charge in [-0.3, -0.25) is 14.5 Å². The van der Waals surface area contributed by atoms with Crippen molar-refractivity contribution >= 4 is 40.3 Å². The van der Waals surface area contributed by atoms with Gasteiger partial charge in [-0.15, -0.1) is 0 Å². The van der Waals surface area contributed by atoms with Gasteiger partial charge in [0, 0.05) is 0 Å². The Balaban J connectivity index is 2.00. The summed E-state index contributed by atoms with van der Waals surface area (Å²) >= 11 is 1.10. The number of aromatic nitrogens is 2. The van der Waals surface area contributed by atoms with E-state index in [1.54, 1.807) is 11.0 Å². The molecular weight excluding hydrogens is 292 g/mol. The molecule has 2 rings (SSSR count). The lowest BCUT2D eigenvalue weighted by Crippen LogP contribution is -2.37. The smallest absolute Gasteiger partial charge is 0.319 e. The van der Waals surface area contributed by atoms with Crippen LogP contribution in [0.4, 0.5) is 5.69 Å². The average Bonchev–Trinajstić information content (AvgIpc) is 2.95. The number of esters is 1. The number of methoxy groups -OCH3 is 1. The van der Waals surface area contributed by atoms with Gasteiger partial charge in [-0.2, -0.15) is 8.75 Å². The van der Waals surface area contributed by atoms with Crippen molar-refractivity contribution < 1.29 is 14.3 Å². The van der Waals surface area contributed by atoms with E-state index in [1.165, 1.54) is 7.11 Å². The molecule has 0 radical (unpaired) electrons. The van der Waals surface area contributed by atoms with Gasteiger partial charge >= 0.3 is 5.97 Å². The number of benzene rings is 1. The lowest BCUT2D eigenvalue weighted by atomic mass is 10.2. The Morgan fingerprint density at radius 3 is 2.86 bits per heavy atom. The molecular formula is C13H16N4O3S. The van der Waals surface area contributed by atoms with Gasteiger partial charge in [-0.1, -0.05) is 13.0 Å². The van der Waals surface area contributed by atoms with Crippen LogP contribution in [0.2, 0.25) is 0 Å². The summed E-state index contributed by atoms with van der Waals surface area (Å²) in [6, 6.07) is 5.42. The molecule has 0 fully saturated rings. The molecule has 0 aliphatic heterocycles.